The van der Waals surface area contributed by atoms with Crippen molar-refractivity contribution in [3.63, 3.8) is 0 Å². The molecule has 2 amide bonds. The number of amides is 2. The molecule has 3 aromatic carbocycles. The van der Waals surface area contributed by atoms with E-state index in [1.165, 1.54) is 41.1 Å². The number of sulfonamides is 1. The van der Waals surface area contributed by atoms with Crippen molar-refractivity contribution in [1.29, 1.82) is 0 Å². The van der Waals surface area contributed by atoms with Crippen molar-refractivity contribution in [3.8, 4) is 0 Å². The summed E-state index contributed by atoms with van der Waals surface area (Å²) in [6.45, 7) is 1.14. The topological polar surface area (TPSA) is 95.6 Å². The number of aryl methyl sites for hydroxylation is 1. The number of benzene rings is 3. The maximum Gasteiger partial charge on any atom is 0.243 e. The van der Waals surface area contributed by atoms with Crippen molar-refractivity contribution < 1.29 is 18.0 Å². The molecule has 2 N–H and O–H groups in total. The molecule has 1 atom stereocenters. The van der Waals surface area contributed by atoms with E-state index < -0.39 is 10.0 Å². The summed E-state index contributed by atoms with van der Waals surface area (Å²) in [5, 5.41) is 5.68. The third-order valence-electron chi connectivity index (χ3n) is 6.04. The molecule has 0 aromatic heterocycles. The van der Waals surface area contributed by atoms with Crippen LogP contribution in [0.15, 0.2) is 83.8 Å². The molecule has 0 heterocycles. The predicted molar refractivity (Wildman–Crippen MR) is 135 cm³/mol. The van der Waals surface area contributed by atoms with Crippen LogP contribution in [-0.4, -0.2) is 31.1 Å². The van der Waals surface area contributed by atoms with Crippen LogP contribution in [0.3, 0.4) is 0 Å². The monoisotopic (exact) mass is 491 g/mol. The lowest BCUT2D eigenvalue weighted by molar-refractivity contribution is -0.122. The van der Waals surface area contributed by atoms with Crippen LogP contribution in [0.4, 0.5) is 5.69 Å². The minimum absolute atomic E-state index is 0.0540. The maximum atomic E-state index is 13.6. The number of carbonyl (C=O) groups is 2. The van der Waals surface area contributed by atoms with Crippen LogP contribution in [0, 0.1) is 0 Å². The second-order valence-corrected chi connectivity index (χ2v) is 10.6. The van der Waals surface area contributed by atoms with Gasteiger partial charge in [-0.25, -0.2) is 8.42 Å². The average molecular weight is 492 g/mol. The predicted octanol–water partition coefficient (Wildman–Crippen LogP) is 4.03. The third-order valence-corrected chi connectivity index (χ3v) is 7.84. The summed E-state index contributed by atoms with van der Waals surface area (Å²) in [7, 11) is -3.98. The Bertz CT molecular complexity index is 1290. The highest BCUT2D eigenvalue weighted by Crippen LogP contribution is 2.29. The van der Waals surface area contributed by atoms with Crippen LogP contribution in [0.1, 0.15) is 42.5 Å². The highest BCUT2D eigenvalue weighted by atomic mass is 32.2. The molecule has 1 aliphatic rings. The van der Waals surface area contributed by atoms with Crippen LogP contribution < -0.4 is 10.6 Å². The zero-order chi connectivity index (χ0) is 24.8. The summed E-state index contributed by atoms with van der Waals surface area (Å²) in [6.07, 6.45) is 2.76. The number of rotatable bonds is 8. The van der Waals surface area contributed by atoms with Gasteiger partial charge >= 0.3 is 0 Å². The fourth-order valence-electron chi connectivity index (χ4n) is 4.38. The van der Waals surface area contributed by atoms with Gasteiger partial charge in [0.25, 0.3) is 0 Å². The van der Waals surface area contributed by atoms with Crippen LogP contribution >= 0.6 is 0 Å². The van der Waals surface area contributed by atoms with E-state index in [2.05, 4.69) is 16.7 Å². The Labute approximate surface area is 206 Å². The quantitative estimate of drug-likeness (QED) is 0.497. The Morgan fingerprint density at radius 1 is 0.943 bits per heavy atom. The van der Waals surface area contributed by atoms with Gasteiger partial charge in [-0.05, 0) is 60.2 Å². The fraction of sp³-hybridized carbons (Fsp3) is 0.259. The number of hydrogen-bond acceptors (Lipinski definition) is 4. The van der Waals surface area contributed by atoms with E-state index in [9.17, 15) is 18.0 Å². The zero-order valence-electron chi connectivity index (χ0n) is 19.6. The molecule has 0 saturated carbocycles. The number of nitrogens with one attached hydrogen (secondary N) is 2. The van der Waals surface area contributed by atoms with E-state index in [-0.39, 0.29) is 35.8 Å². The molecule has 7 nitrogen and oxygen atoms in total. The van der Waals surface area contributed by atoms with Gasteiger partial charge in [0.1, 0.15) is 0 Å². The first kappa shape index (κ1) is 24.6. The Hall–Kier alpha value is -3.49. The number of nitrogens with zero attached hydrogens (tertiary/aromatic N) is 1. The van der Waals surface area contributed by atoms with Gasteiger partial charge in [-0.15, -0.1) is 0 Å². The lowest BCUT2D eigenvalue weighted by atomic mass is 9.88. The van der Waals surface area contributed by atoms with Gasteiger partial charge in [0.05, 0.1) is 17.5 Å². The van der Waals surface area contributed by atoms with Gasteiger partial charge in [0, 0.05) is 19.2 Å². The van der Waals surface area contributed by atoms with Gasteiger partial charge in [-0.2, -0.15) is 4.31 Å². The van der Waals surface area contributed by atoms with Crippen molar-refractivity contribution >= 4 is 27.5 Å². The number of fused-ring (bicyclic) bond motifs is 1. The van der Waals surface area contributed by atoms with Gasteiger partial charge in [0.2, 0.25) is 21.8 Å². The molecular formula is C27H29N3O4S. The van der Waals surface area contributed by atoms with E-state index in [0.717, 1.165) is 30.4 Å². The molecule has 0 unspecified atom stereocenters. The average Bonchev–Trinajstić information content (AvgIpc) is 2.84. The smallest absolute Gasteiger partial charge is 0.243 e. The zero-order valence-corrected chi connectivity index (χ0v) is 20.4. The van der Waals surface area contributed by atoms with Crippen LogP contribution in [0.2, 0.25) is 0 Å². The molecule has 35 heavy (non-hydrogen) atoms. The molecule has 0 saturated heterocycles. The minimum atomic E-state index is -3.98. The van der Waals surface area contributed by atoms with E-state index in [4.69, 9.17) is 0 Å². The highest BCUT2D eigenvalue weighted by molar-refractivity contribution is 7.89. The SMILES string of the molecule is CC(=O)Nc1ccc(S(=O)(=O)N(CC(=O)N[C@@H]2CCCc3ccccc32)Cc2ccccc2)cc1. The standard InChI is InChI=1S/C27H29N3O4S/c1-20(31)28-23-14-16-24(17-15-23)35(33,34)30(18-21-8-3-2-4-9-21)19-27(32)29-26-13-7-11-22-10-5-6-12-25(22)26/h2-6,8-10,12,14-17,26H,7,11,13,18-19H2,1H3,(H,28,31)(H,29,32)/t26-/m1/s1. The first-order valence-electron chi connectivity index (χ1n) is 11.6. The van der Waals surface area contributed by atoms with Crippen molar-refractivity contribution in [3.05, 3.63) is 95.6 Å². The molecule has 0 radical (unpaired) electrons. The molecular weight excluding hydrogens is 462 g/mol. The van der Waals surface area contributed by atoms with Crippen LogP contribution in [0.5, 0.6) is 0 Å². The maximum absolute atomic E-state index is 13.6. The second kappa shape index (κ2) is 10.8. The summed E-state index contributed by atoms with van der Waals surface area (Å²) in [5.74, 6) is -0.589. The van der Waals surface area contributed by atoms with Crippen LogP contribution in [0.25, 0.3) is 0 Å². The van der Waals surface area contributed by atoms with Crippen molar-refractivity contribution in [2.75, 3.05) is 11.9 Å². The van der Waals surface area contributed by atoms with Crippen molar-refractivity contribution in [1.82, 2.24) is 9.62 Å². The molecule has 182 valence electrons. The minimum Gasteiger partial charge on any atom is -0.348 e. The van der Waals surface area contributed by atoms with Gasteiger partial charge in [0.15, 0.2) is 0 Å². The summed E-state index contributed by atoms with van der Waals surface area (Å²) in [5.41, 5.74) is 3.59. The summed E-state index contributed by atoms with van der Waals surface area (Å²) in [4.78, 5) is 24.5. The molecule has 1 aliphatic carbocycles. The summed E-state index contributed by atoms with van der Waals surface area (Å²) >= 11 is 0. The molecule has 0 fully saturated rings. The molecule has 3 aromatic rings. The Morgan fingerprint density at radius 3 is 2.34 bits per heavy atom. The Balaban J connectivity index is 1.56. The molecule has 0 aliphatic heterocycles. The van der Waals surface area contributed by atoms with E-state index >= 15 is 0 Å². The van der Waals surface area contributed by atoms with E-state index in [1.54, 1.807) is 0 Å². The lowest BCUT2D eigenvalue weighted by Crippen LogP contribution is -2.42. The first-order chi connectivity index (χ1) is 16.8. The molecule has 8 heteroatoms. The third kappa shape index (κ3) is 6.15. The second-order valence-electron chi connectivity index (χ2n) is 8.68. The lowest BCUT2D eigenvalue weighted by Gasteiger charge is -2.28. The Kier molecular flexibility index (Phi) is 7.63. The number of carbonyl (C=O) groups excluding carboxylic acids is 2. The van der Waals surface area contributed by atoms with Crippen molar-refractivity contribution in [2.24, 2.45) is 0 Å². The number of anilines is 1. The van der Waals surface area contributed by atoms with Gasteiger partial charge in [-0.3, -0.25) is 9.59 Å². The largest absolute Gasteiger partial charge is 0.348 e. The van der Waals surface area contributed by atoms with E-state index in [1.807, 2.05) is 48.5 Å². The molecule has 0 spiro atoms. The summed E-state index contributed by atoms with van der Waals surface area (Å²) < 4.78 is 28.3. The van der Waals surface area contributed by atoms with Crippen molar-refractivity contribution in [2.45, 2.75) is 43.7 Å². The summed E-state index contributed by atoms with van der Waals surface area (Å²) in [6, 6.07) is 23.1. The van der Waals surface area contributed by atoms with Gasteiger partial charge in [-0.1, -0.05) is 54.6 Å². The molecule has 0 bridgehead atoms. The normalized spacial score (nSPS) is 15.3. The highest BCUT2D eigenvalue weighted by Gasteiger charge is 2.29. The Morgan fingerprint density at radius 2 is 1.63 bits per heavy atom. The van der Waals surface area contributed by atoms with E-state index in [0.29, 0.717) is 5.69 Å². The fourth-order valence-corrected chi connectivity index (χ4v) is 5.76. The van der Waals surface area contributed by atoms with Gasteiger partial charge < -0.3 is 10.6 Å². The van der Waals surface area contributed by atoms with Crippen LogP contribution in [-0.2, 0) is 32.6 Å². The first-order valence-corrected chi connectivity index (χ1v) is 13.1. The molecule has 4 rings (SSSR count). The number of hydrogen-bond donors (Lipinski definition) is 2.